The van der Waals surface area contributed by atoms with Crippen LogP contribution in [0, 0.1) is 0 Å². The van der Waals surface area contributed by atoms with Gasteiger partial charge in [0.05, 0.1) is 0 Å². The van der Waals surface area contributed by atoms with E-state index in [4.69, 9.17) is 0 Å². The van der Waals surface area contributed by atoms with Crippen molar-refractivity contribution in [3.63, 3.8) is 0 Å². The highest BCUT2D eigenvalue weighted by molar-refractivity contribution is 4.88. The average Bonchev–Trinajstić information content (AvgIpc) is 2.39. The summed E-state index contributed by atoms with van der Waals surface area (Å²) < 4.78 is 0. The zero-order chi connectivity index (χ0) is 12.8. The summed E-state index contributed by atoms with van der Waals surface area (Å²) in [5, 5.41) is 3.51. The van der Waals surface area contributed by atoms with Gasteiger partial charge in [-0.05, 0) is 58.8 Å². The number of fused-ring (bicyclic) bond motifs is 1. The molecule has 1 N–H and O–H groups in total. The van der Waals surface area contributed by atoms with Gasteiger partial charge in [-0.15, -0.1) is 0 Å². The predicted octanol–water partition coefficient (Wildman–Crippen LogP) is 1.93. The SMILES string of the molecule is CCCNCCCN1CC2CCCCN2CC1C. The fourth-order valence-corrected chi connectivity index (χ4v) is 3.43. The molecular formula is C15H31N3. The van der Waals surface area contributed by atoms with Gasteiger partial charge >= 0.3 is 0 Å². The van der Waals surface area contributed by atoms with Crippen LogP contribution in [-0.4, -0.2) is 61.2 Å². The van der Waals surface area contributed by atoms with Crippen LogP contribution < -0.4 is 5.32 Å². The fourth-order valence-electron chi connectivity index (χ4n) is 3.43. The highest BCUT2D eigenvalue weighted by Gasteiger charge is 2.32. The Bertz CT molecular complexity index is 232. The standard InChI is InChI=1S/C15H31N3/c1-3-8-16-9-6-11-17-13-15-7-4-5-10-18(15)12-14(17)2/h14-16H,3-13H2,1-2H3. The van der Waals surface area contributed by atoms with E-state index in [1.807, 2.05) is 0 Å². The third kappa shape index (κ3) is 3.94. The molecule has 3 nitrogen and oxygen atoms in total. The number of hydrogen-bond donors (Lipinski definition) is 1. The summed E-state index contributed by atoms with van der Waals surface area (Å²) in [6.07, 6.45) is 6.84. The molecule has 0 amide bonds. The molecule has 2 unspecified atom stereocenters. The highest BCUT2D eigenvalue weighted by Crippen LogP contribution is 2.23. The summed E-state index contributed by atoms with van der Waals surface area (Å²) >= 11 is 0. The third-order valence-corrected chi connectivity index (χ3v) is 4.54. The summed E-state index contributed by atoms with van der Waals surface area (Å²) in [6.45, 7) is 12.2. The lowest BCUT2D eigenvalue weighted by Crippen LogP contribution is -2.58. The summed E-state index contributed by atoms with van der Waals surface area (Å²) in [4.78, 5) is 5.46. The van der Waals surface area contributed by atoms with Gasteiger partial charge in [0.1, 0.15) is 0 Å². The minimum atomic E-state index is 0.755. The minimum absolute atomic E-state index is 0.755. The monoisotopic (exact) mass is 253 g/mol. The number of nitrogens with zero attached hydrogens (tertiary/aromatic N) is 2. The topological polar surface area (TPSA) is 18.5 Å². The van der Waals surface area contributed by atoms with E-state index in [0.29, 0.717) is 0 Å². The van der Waals surface area contributed by atoms with Gasteiger partial charge < -0.3 is 5.32 Å². The van der Waals surface area contributed by atoms with Crippen LogP contribution in [0.25, 0.3) is 0 Å². The second-order valence-corrected chi connectivity index (χ2v) is 6.09. The lowest BCUT2D eigenvalue weighted by molar-refractivity contribution is 0.0150. The van der Waals surface area contributed by atoms with Crippen LogP contribution in [0.3, 0.4) is 0 Å². The van der Waals surface area contributed by atoms with Gasteiger partial charge in [0.2, 0.25) is 0 Å². The van der Waals surface area contributed by atoms with Crippen molar-refractivity contribution in [1.29, 1.82) is 0 Å². The molecule has 2 rings (SSSR count). The molecule has 2 heterocycles. The van der Waals surface area contributed by atoms with Crippen molar-refractivity contribution in [2.45, 2.75) is 58.0 Å². The van der Waals surface area contributed by atoms with Crippen LogP contribution in [0.15, 0.2) is 0 Å². The van der Waals surface area contributed by atoms with Crippen LogP contribution in [0.2, 0.25) is 0 Å². The quantitative estimate of drug-likeness (QED) is 0.730. The largest absolute Gasteiger partial charge is 0.317 e. The van der Waals surface area contributed by atoms with Crippen molar-refractivity contribution >= 4 is 0 Å². The summed E-state index contributed by atoms with van der Waals surface area (Å²) in [5.41, 5.74) is 0. The van der Waals surface area contributed by atoms with Crippen LogP contribution in [0.1, 0.15) is 46.0 Å². The number of piperidine rings is 1. The van der Waals surface area contributed by atoms with E-state index in [1.165, 1.54) is 71.4 Å². The Morgan fingerprint density at radius 3 is 2.89 bits per heavy atom. The van der Waals surface area contributed by atoms with Crippen LogP contribution >= 0.6 is 0 Å². The van der Waals surface area contributed by atoms with E-state index >= 15 is 0 Å². The van der Waals surface area contributed by atoms with E-state index < -0.39 is 0 Å². The molecule has 2 saturated heterocycles. The van der Waals surface area contributed by atoms with E-state index in [0.717, 1.165) is 12.1 Å². The molecule has 106 valence electrons. The molecule has 0 saturated carbocycles. The first kappa shape index (κ1) is 14.3. The van der Waals surface area contributed by atoms with Crippen molar-refractivity contribution in [3.05, 3.63) is 0 Å². The summed E-state index contributed by atoms with van der Waals surface area (Å²) in [6, 6.07) is 1.61. The van der Waals surface area contributed by atoms with Crippen molar-refractivity contribution in [2.24, 2.45) is 0 Å². The lowest BCUT2D eigenvalue weighted by Gasteiger charge is -2.47. The number of piperazine rings is 1. The second kappa shape index (κ2) is 7.46. The fraction of sp³-hybridized carbons (Fsp3) is 1.00. The van der Waals surface area contributed by atoms with Crippen LogP contribution in [0.5, 0.6) is 0 Å². The average molecular weight is 253 g/mol. The van der Waals surface area contributed by atoms with E-state index in [9.17, 15) is 0 Å². The normalized spacial score (nSPS) is 30.3. The van der Waals surface area contributed by atoms with E-state index in [1.54, 1.807) is 0 Å². The molecular weight excluding hydrogens is 222 g/mol. The molecule has 0 radical (unpaired) electrons. The van der Waals surface area contributed by atoms with E-state index in [2.05, 4.69) is 29.0 Å². The van der Waals surface area contributed by atoms with Crippen molar-refractivity contribution in [3.8, 4) is 0 Å². The number of hydrogen-bond acceptors (Lipinski definition) is 3. The number of nitrogens with one attached hydrogen (secondary N) is 1. The lowest BCUT2D eigenvalue weighted by atomic mass is 9.97. The molecule has 18 heavy (non-hydrogen) atoms. The molecule has 0 aromatic heterocycles. The second-order valence-electron chi connectivity index (χ2n) is 6.09. The van der Waals surface area contributed by atoms with Gasteiger partial charge in [-0.3, -0.25) is 9.80 Å². The van der Waals surface area contributed by atoms with Crippen molar-refractivity contribution in [2.75, 3.05) is 39.3 Å². The Hall–Kier alpha value is -0.120. The van der Waals surface area contributed by atoms with Gasteiger partial charge in [-0.1, -0.05) is 13.3 Å². The zero-order valence-electron chi connectivity index (χ0n) is 12.3. The molecule has 2 fully saturated rings. The van der Waals surface area contributed by atoms with Gasteiger partial charge in [-0.25, -0.2) is 0 Å². The maximum Gasteiger partial charge on any atom is 0.0223 e. The van der Waals surface area contributed by atoms with Crippen molar-refractivity contribution < 1.29 is 0 Å². The molecule has 2 aliphatic heterocycles. The molecule has 3 heteroatoms. The summed E-state index contributed by atoms with van der Waals surface area (Å²) in [7, 11) is 0. The van der Waals surface area contributed by atoms with Crippen molar-refractivity contribution in [1.82, 2.24) is 15.1 Å². The first-order valence-electron chi connectivity index (χ1n) is 8.00. The molecule has 0 bridgehead atoms. The zero-order valence-corrected chi connectivity index (χ0v) is 12.3. The molecule has 0 aromatic rings. The van der Waals surface area contributed by atoms with Gasteiger partial charge in [0.25, 0.3) is 0 Å². The maximum absolute atomic E-state index is 3.51. The van der Waals surface area contributed by atoms with Gasteiger partial charge in [0, 0.05) is 25.2 Å². The first-order valence-corrected chi connectivity index (χ1v) is 8.00. The smallest absolute Gasteiger partial charge is 0.0223 e. The molecule has 0 aromatic carbocycles. The highest BCUT2D eigenvalue weighted by atomic mass is 15.3. The Morgan fingerprint density at radius 1 is 1.17 bits per heavy atom. The minimum Gasteiger partial charge on any atom is -0.317 e. The Balaban J connectivity index is 1.68. The first-order chi connectivity index (χ1) is 8.81. The van der Waals surface area contributed by atoms with Crippen LogP contribution in [0.4, 0.5) is 0 Å². The Kier molecular flexibility index (Phi) is 5.93. The Labute approximate surface area is 113 Å². The van der Waals surface area contributed by atoms with Gasteiger partial charge in [-0.2, -0.15) is 0 Å². The Morgan fingerprint density at radius 2 is 2.06 bits per heavy atom. The number of rotatable bonds is 6. The van der Waals surface area contributed by atoms with E-state index in [-0.39, 0.29) is 0 Å². The third-order valence-electron chi connectivity index (χ3n) is 4.54. The molecule has 2 aliphatic rings. The maximum atomic E-state index is 3.51. The summed E-state index contributed by atoms with van der Waals surface area (Å²) in [5.74, 6) is 0. The molecule has 0 aliphatic carbocycles. The molecule has 0 spiro atoms. The van der Waals surface area contributed by atoms with Crippen LogP contribution in [-0.2, 0) is 0 Å². The van der Waals surface area contributed by atoms with Gasteiger partial charge in [0.15, 0.2) is 0 Å². The predicted molar refractivity (Wildman–Crippen MR) is 78.0 cm³/mol. The molecule has 2 atom stereocenters.